The van der Waals surface area contributed by atoms with Crippen molar-refractivity contribution in [3.05, 3.63) is 0 Å². The molecule has 1 saturated carbocycles. The van der Waals surface area contributed by atoms with Crippen LogP contribution in [0.1, 0.15) is 25.7 Å². The quantitative estimate of drug-likeness (QED) is 0.545. The lowest BCUT2D eigenvalue weighted by Crippen LogP contribution is -2.37. The van der Waals surface area contributed by atoms with Crippen LogP contribution in [0.5, 0.6) is 0 Å². The molecule has 0 radical (unpaired) electrons. The normalized spacial score (nSPS) is 19.7. The SMILES string of the molecule is COCCCOCCC(CN)(CO)C1CC1. The van der Waals surface area contributed by atoms with Gasteiger partial charge in [-0.2, -0.15) is 0 Å². The average Bonchev–Trinajstić information content (AvgIpc) is 3.14. The number of nitrogens with two attached hydrogens (primary N) is 1. The molecule has 16 heavy (non-hydrogen) atoms. The second-order valence-electron chi connectivity index (χ2n) is 4.71. The first-order valence-corrected chi connectivity index (χ1v) is 6.16. The van der Waals surface area contributed by atoms with E-state index in [0.29, 0.717) is 19.1 Å². The van der Waals surface area contributed by atoms with Gasteiger partial charge < -0.3 is 20.3 Å². The first-order valence-electron chi connectivity index (χ1n) is 6.16. The van der Waals surface area contributed by atoms with Gasteiger partial charge in [0, 0.05) is 38.9 Å². The van der Waals surface area contributed by atoms with E-state index in [2.05, 4.69) is 0 Å². The zero-order chi connectivity index (χ0) is 11.9. The molecule has 0 aliphatic heterocycles. The summed E-state index contributed by atoms with van der Waals surface area (Å²) in [5.74, 6) is 0.616. The van der Waals surface area contributed by atoms with E-state index in [1.807, 2.05) is 0 Å². The average molecular weight is 231 g/mol. The third-order valence-corrected chi connectivity index (χ3v) is 3.55. The van der Waals surface area contributed by atoms with E-state index in [1.54, 1.807) is 7.11 Å². The summed E-state index contributed by atoms with van der Waals surface area (Å²) in [6.07, 6.45) is 4.22. The molecule has 0 spiro atoms. The van der Waals surface area contributed by atoms with E-state index in [-0.39, 0.29) is 12.0 Å². The van der Waals surface area contributed by atoms with Crippen molar-refractivity contribution in [2.24, 2.45) is 17.1 Å². The second kappa shape index (κ2) is 7.22. The molecule has 0 aromatic rings. The van der Waals surface area contributed by atoms with Crippen LogP contribution in [0.4, 0.5) is 0 Å². The van der Waals surface area contributed by atoms with Gasteiger partial charge in [-0.15, -0.1) is 0 Å². The Morgan fingerprint density at radius 1 is 1.31 bits per heavy atom. The second-order valence-corrected chi connectivity index (χ2v) is 4.71. The molecule has 4 nitrogen and oxygen atoms in total. The number of ether oxygens (including phenoxy) is 2. The van der Waals surface area contributed by atoms with Gasteiger partial charge in [-0.05, 0) is 31.6 Å². The maximum Gasteiger partial charge on any atom is 0.0503 e. The lowest BCUT2D eigenvalue weighted by atomic mass is 9.80. The van der Waals surface area contributed by atoms with Crippen LogP contribution >= 0.6 is 0 Å². The molecule has 0 bridgehead atoms. The van der Waals surface area contributed by atoms with Crippen LogP contribution in [0.25, 0.3) is 0 Å². The van der Waals surface area contributed by atoms with Gasteiger partial charge in [0.2, 0.25) is 0 Å². The van der Waals surface area contributed by atoms with Crippen molar-refractivity contribution < 1.29 is 14.6 Å². The van der Waals surface area contributed by atoms with E-state index in [1.165, 1.54) is 12.8 Å². The highest BCUT2D eigenvalue weighted by Gasteiger charge is 2.43. The van der Waals surface area contributed by atoms with Gasteiger partial charge in [0.25, 0.3) is 0 Å². The van der Waals surface area contributed by atoms with E-state index >= 15 is 0 Å². The number of aliphatic hydroxyl groups is 1. The largest absolute Gasteiger partial charge is 0.396 e. The van der Waals surface area contributed by atoms with Crippen molar-refractivity contribution >= 4 is 0 Å². The molecule has 0 amide bonds. The Balaban J connectivity index is 2.13. The molecule has 1 fully saturated rings. The summed E-state index contributed by atoms with van der Waals surface area (Å²) < 4.78 is 10.5. The summed E-state index contributed by atoms with van der Waals surface area (Å²) in [5.41, 5.74) is 5.70. The van der Waals surface area contributed by atoms with Crippen molar-refractivity contribution in [3.8, 4) is 0 Å². The highest BCUT2D eigenvalue weighted by molar-refractivity contribution is 4.94. The van der Waals surface area contributed by atoms with Crippen LogP contribution in [0.15, 0.2) is 0 Å². The maximum absolute atomic E-state index is 9.47. The van der Waals surface area contributed by atoms with Crippen molar-refractivity contribution in [2.75, 3.05) is 40.1 Å². The van der Waals surface area contributed by atoms with Gasteiger partial charge in [-0.1, -0.05) is 0 Å². The van der Waals surface area contributed by atoms with Crippen LogP contribution in [0, 0.1) is 11.3 Å². The van der Waals surface area contributed by atoms with Gasteiger partial charge in [0.05, 0.1) is 6.61 Å². The topological polar surface area (TPSA) is 64.7 Å². The highest BCUT2D eigenvalue weighted by Crippen LogP contribution is 2.46. The Hall–Kier alpha value is -0.160. The van der Waals surface area contributed by atoms with Crippen molar-refractivity contribution in [1.82, 2.24) is 0 Å². The number of rotatable bonds is 10. The summed E-state index contributed by atoms with van der Waals surface area (Å²) in [7, 11) is 1.69. The molecule has 4 heteroatoms. The molecule has 0 heterocycles. The molecule has 1 rings (SSSR count). The minimum Gasteiger partial charge on any atom is -0.396 e. The van der Waals surface area contributed by atoms with Gasteiger partial charge >= 0.3 is 0 Å². The molecule has 1 aliphatic rings. The van der Waals surface area contributed by atoms with Gasteiger partial charge in [0.1, 0.15) is 0 Å². The summed E-state index contributed by atoms with van der Waals surface area (Å²) in [4.78, 5) is 0. The first kappa shape index (κ1) is 13.9. The molecule has 3 N–H and O–H groups in total. The van der Waals surface area contributed by atoms with Gasteiger partial charge in [-0.25, -0.2) is 0 Å². The summed E-state index contributed by atoms with van der Waals surface area (Å²) >= 11 is 0. The van der Waals surface area contributed by atoms with Crippen molar-refractivity contribution in [1.29, 1.82) is 0 Å². The minimum absolute atomic E-state index is 0.0821. The van der Waals surface area contributed by atoms with Crippen LogP contribution in [0.2, 0.25) is 0 Å². The minimum atomic E-state index is -0.0821. The van der Waals surface area contributed by atoms with E-state index in [4.69, 9.17) is 15.2 Å². The van der Waals surface area contributed by atoms with Crippen LogP contribution in [-0.4, -0.2) is 45.2 Å². The van der Waals surface area contributed by atoms with Crippen LogP contribution in [0.3, 0.4) is 0 Å². The van der Waals surface area contributed by atoms with Crippen LogP contribution < -0.4 is 5.73 Å². The standard InChI is InChI=1S/C12H25NO3/c1-15-6-2-7-16-8-5-12(9-13,10-14)11-3-4-11/h11,14H,2-10,13H2,1H3. The predicted molar refractivity (Wildman–Crippen MR) is 63.2 cm³/mol. The zero-order valence-corrected chi connectivity index (χ0v) is 10.3. The first-order chi connectivity index (χ1) is 7.79. The Morgan fingerprint density at radius 3 is 2.56 bits per heavy atom. The van der Waals surface area contributed by atoms with Gasteiger partial charge in [0.15, 0.2) is 0 Å². The molecule has 0 aromatic heterocycles. The molecular weight excluding hydrogens is 206 g/mol. The fourth-order valence-corrected chi connectivity index (χ4v) is 2.12. The smallest absolute Gasteiger partial charge is 0.0503 e. The Morgan fingerprint density at radius 2 is 2.06 bits per heavy atom. The molecule has 0 aromatic carbocycles. The van der Waals surface area contributed by atoms with Crippen molar-refractivity contribution in [2.45, 2.75) is 25.7 Å². The molecule has 0 saturated heterocycles. The fraction of sp³-hybridized carbons (Fsp3) is 1.00. The molecule has 1 unspecified atom stereocenters. The van der Waals surface area contributed by atoms with E-state index < -0.39 is 0 Å². The third-order valence-electron chi connectivity index (χ3n) is 3.55. The Kier molecular flexibility index (Phi) is 6.28. The van der Waals surface area contributed by atoms with E-state index in [0.717, 1.165) is 26.1 Å². The number of hydrogen-bond acceptors (Lipinski definition) is 4. The zero-order valence-electron chi connectivity index (χ0n) is 10.3. The monoisotopic (exact) mass is 231 g/mol. The number of hydrogen-bond donors (Lipinski definition) is 2. The molecule has 96 valence electrons. The molecule has 1 atom stereocenters. The summed E-state index contributed by atoms with van der Waals surface area (Å²) in [5, 5.41) is 9.47. The Bertz CT molecular complexity index is 179. The molecular formula is C12H25NO3. The highest BCUT2D eigenvalue weighted by atomic mass is 16.5. The lowest BCUT2D eigenvalue weighted by molar-refractivity contribution is 0.0411. The summed E-state index contributed by atoms with van der Waals surface area (Å²) in [6.45, 7) is 2.92. The lowest BCUT2D eigenvalue weighted by Gasteiger charge is -2.30. The fourth-order valence-electron chi connectivity index (χ4n) is 2.12. The van der Waals surface area contributed by atoms with Crippen LogP contribution in [-0.2, 0) is 9.47 Å². The molecule has 1 aliphatic carbocycles. The summed E-state index contributed by atoms with van der Waals surface area (Å²) in [6, 6.07) is 0. The number of aliphatic hydroxyl groups excluding tert-OH is 1. The third kappa shape index (κ3) is 4.01. The number of methoxy groups -OCH3 is 1. The Labute approximate surface area is 98.1 Å². The van der Waals surface area contributed by atoms with Gasteiger partial charge in [-0.3, -0.25) is 0 Å². The maximum atomic E-state index is 9.47. The predicted octanol–water partition coefficient (Wildman–Crippen LogP) is 0.777. The van der Waals surface area contributed by atoms with E-state index in [9.17, 15) is 5.11 Å². The van der Waals surface area contributed by atoms with Crippen molar-refractivity contribution in [3.63, 3.8) is 0 Å².